The molecule has 0 aliphatic rings. The zero-order chi connectivity index (χ0) is 13.3. The summed E-state index contributed by atoms with van der Waals surface area (Å²) in [6.45, 7) is 7.92. The highest BCUT2D eigenvalue weighted by molar-refractivity contribution is 5.92. The number of ether oxygens (including phenoxy) is 2. The van der Waals surface area contributed by atoms with Crippen molar-refractivity contribution < 1.29 is 19.1 Å². The summed E-state index contributed by atoms with van der Waals surface area (Å²) in [5.41, 5.74) is 0.208. The van der Waals surface area contributed by atoms with Crippen LogP contribution in [0.5, 0.6) is 0 Å². The molecule has 0 aliphatic carbocycles. The first-order valence-electron chi connectivity index (χ1n) is 5.58. The maximum atomic E-state index is 11.2. The molecule has 0 saturated carbocycles. The van der Waals surface area contributed by atoms with Crippen molar-refractivity contribution in [3.05, 3.63) is 17.5 Å². The van der Waals surface area contributed by atoms with Crippen LogP contribution < -0.4 is 0 Å². The van der Waals surface area contributed by atoms with Crippen LogP contribution in [0.2, 0.25) is 0 Å². The molecule has 1 heterocycles. The van der Waals surface area contributed by atoms with Crippen LogP contribution in [0.4, 0.5) is 0 Å². The number of hydrogen-bond donors (Lipinski definition) is 1. The molecule has 0 aliphatic heterocycles. The lowest BCUT2D eigenvalue weighted by Crippen LogP contribution is -2.05. The molecule has 96 valence electrons. The van der Waals surface area contributed by atoms with E-state index < -0.39 is 11.9 Å². The molecule has 17 heavy (non-hydrogen) atoms. The maximum Gasteiger partial charge on any atom is 0.358 e. The Morgan fingerprint density at radius 3 is 2.24 bits per heavy atom. The Morgan fingerprint density at radius 1 is 1.18 bits per heavy atom. The molecule has 0 unspecified atom stereocenters. The van der Waals surface area contributed by atoms with Crippen LogP contribution in [0.3, 0.4) is 0 Å². The molecule has 0 fully saturated rings. The van der Waals surface area contributed by atoms with E-state index in [-0.39, 0.29) is 24.6 Å². The van der Waals surface area contributed by atoms with E-state index in [1.54, 1.807) is 13.8 Å². The molecule has 6 nitrogen and oxygen atoms in total. The van der Waals surface area contributed by atoms with Crippen molar-refractivity contribution in [3.63, 3.8) is 0 Å². The highest BCUT2D eigenvalue weighted by Gasteiger charge is 2.15. The van der Waals surface area contributed by atoms with Gasteiger partial charge in [0, 0.05) is 6.07 Å². The second-order valence-corrected chi connectivity index (χ2v) is 2.61. The van der Waals surface area contributed by atoms with Crippen molar-refractivity contribution in [1.29, 1.82) is 0 Å². The molecule has 0 radical (unpaired) electrons. The van der Waals surface area contributed by atoms with Crippen LogP contribution >= 0.6 is 0 Å². The fourth-order valence-corrected chi connectivity index (χ4v) is 0.945. The average molecular weight is 242 g/mol. The topological polar surface area (TPSA) is 81.3 Å². The van der Waals surface area contributed by atoms with Gasteiger partial charge in [0.2, 0.25) is 0 Å². The minimum atomic E-state index is -0.565. The summed E-state index contributed by atoms with van der Waals surface area (Å²) >= 11 is 0. The van der Waals surface area contributed by atoms with E-state index in [0.717, 1.165) is 0 Å². The normalized spacial score (nSPS) is 8.94. The molecule has 0 aromatic carbocycles. The van der Waals surface area contributed by atoms with E-state index in [4.69, 9.17) is 9.47 Å². The number of esters is 2. The number of hydrogen-bond acceptors (Lipinski definition) is 5. The zero-order valence-corrected chi connectivity index (χ0v) is 10.6. The number of H-pyrrole nitrogens is 1. The third-order valence-electron chi connectivity index (χ3n) is 1.56. The van der Waals surface area contributed by atoms with Crippen molar-refractivity contribution in [2.24, 2.45) is 0 Å². The summed E-state index contributed by atoms with van der Waals surface area (Å²) in [4.78, 5) is 22.4. The number of aromatic amines is 1. The summed E-state index contributed by atoms with van der Waals surface area (Å²) in [6.07, 6.45) is 0. The van der Waals surface area contributed by atoms with Crippen LogP contribution in [0, 0.1) is 0 Å². The lowest BCUT2D eigenvalue weighted by molar-refractivity contribution is 0.0513. The Kier molecular flexibility index (Phi) is 7.41. The first-order valence-corrected chi connectivity index (χ1v) is 5.58. The number of rotatable bonds is 4. The average Bonchev–Trinajstić information content (AvgIpc) is 2.82. The van der Waals surface area contributed by atoms with E-state index in [1.165, 1.54) is 6.07 Å². The van der Waals surface area contributed by atoms with Crippen molar-refractivity contribution >= 4 is 11.9 Å². The number of aromatic nitrogens is 2. The number of carbonyl (C=O) groups excluding carboxylic acids is 2. The molecule has 0 bridgehead atoms. The SMILES string of the molecule is CC.CCOC(=O)c1cc(C(=O)OCC)[nH]n1. The van der Waals surface area contributed by atoms with Gasteiger partial charge < -0.3 is 9.47 Å². The molecule has 1 N–H and O–H groups in total. The van der Waals surface area contributed by atoms with Gasteiger partial charge in [-0.25, -0.2) is 9.59 Å². The predicted octanol–water partition coefficient (Wildman–Crippen LogP) is 1.79. The fraction of sp³-hybridized carbons (Fsp3) is 0.545. The van der Waals surface area contributed by atoms with Gasteiger partial charge in [0.25, 0.3) is 0 Å². The van der Waals surface area contributed by atoms with Crippen LogP contribution in [-0.2, 0) is 9.47 Å². The molecular formula is C11H18N2O4. The minimum absolute atomic E-state index is 0.0694. The largest absolute Gasteiger partial charge is 0.461 e. The third kappa shape index (κ3) is 4.67. The van der Waals surface area contributed by atoms with Gasteiger partial charge in [-0.2, -0.15) is 5.10 Å². The molecule has 1 aromatic rings. The summed E-state index contributed by atoms with van der Waals surface area (Å²) in [5.74, 6) is -1.11. The van der Waals surface area contributed by atoms with Gasteiger partial charge in [0.1, 0.15) is 5.69 Å². The summed E-state index contributed by atoms with van der Waals surface area (Å²) in [6, 6.07) is 1.30. The van der Waals surface area contributed by atoms with Gasteiger partial charge in [-0.1, -0.05) is 13.8 Å². The number of nitrogens with zero attached hydrogens (tertiary/aromatic N) is 1. The van der Waals surface area contributed by atoms with Crippen LogP contribution in [0.1, 0.15) is 48.7 Å². The Bertz CT molecular complexity index is 328. The quantitative estimate of drug-likeness (QED) is 0.814. The first kappa shape index (κ1) is 15.2. The predicted molar refractivity (Wildman–Crippen MR) is 61.8 cm³/mol. The fourth-order valence-electron chi connectivity index (χ4n) is 0.945. The van der Waals surface area contributed by atoms with Gasteiger partial charge in [0.05, 0.1) is 13.2 Å². The Hall–Kier alpha value is -1.85. The van der Waals surface area contributed by atoms with Gasteiger partial charge >= 0.3 is 11.9 Å². The van der Waals surface area contributed by atoms with Gasteiger partial charge in [-0.05, 0) is 13.8 Å². The molecule has 0 saturated heterocycles. The summed E-state index contributed by atoms with van der Waals surface area (Å²) in [7, 11) is 0. The molecule has 0 amide bonds. The van der Waals surface area contributed by atoms with Crippen molar-refractivity contribution in [1.82, 2.24) is 10.2 Å². The smallest absolute Gasteiger partial charge is 0.358 e. The highest BCUT2D eigenvalue weighted by atomic mass is 16.5. The highest BCUT2D eigenvalue weighted by Crippen LogP contribution is 2.03. The second kappa shape index (κ2) is 8.32. The Balaban J connectivity index is 0.00000121. The lowest BCUT2D eigenvalue weighted by Gasteiger charge is -1.96. The van der Waals surface area contributed by atoms with Crippen molar-refractivity contribution in [2.45, 2.75) is 27.7 Å². The lowest BCUT2D eigenvalue weighted by atomic mass is 10.3. The molecule has 0 spiro atoms. The summed E-state index contributed by atoms with van der Waals surface area (Å²) < 4.78 is 9.43. The maximum absolute atomic E-state index is 11.2. The number of nitrogens with one attached hydrogen (secondary N) is 1. The second-order valence-electron chi connectivity index (χ2n) is 2.61. The van der Waals surface area contributed by atoms with Gasteiger partial charge in [-0.3, -0.25) is 5.10 Å². The zero-order valence-electron chi connectivity index (χ0n) is 10.6. The first-order chi connectivity index (χ1) is 8.19. The van der Waals surface area contributed by atoms with Crippen LogP contribution in [-0.4, -0.2) is 35.3 Å². The minimum Gasteiger partial charge on any atom is -0.461 e. The van der Waals surface area contributed by atoms with E-state index in [1.807, 2.05) is 13.8 Å². The standard InChI is InChI=1S/C9H12N2O4.C2H6/c1-3-14-8(12)6-5-7(11-10-6)9(13)15-4-2;1-2/h5H,3-4H2,1-2H3,(H,10,11);1-2H3. The molecular weight excluding hydrogens is 224 g/mol. The van der Waals surface area contributed by atoms with E-state index in [0.29, 0.717) is 0 Å². The van der Waals surface area contributed by atoms with Crippen LogP contribution in [0.25, 0.3) is 0 Å². The summed E-state index contributed by atoms with van der Waals surface area (Å²) in [5, 5.41) is 6.04. The molecule has 1 rings (SSSR count). The molecule has 1 aromatic heterocycles. The van der Waals surface area contributed by atoms with Gasteiger partial charge in [0.15, 0.2) is 5.69 Å². The molecule has 0 atom stereocenters. The van der Waals surface area contributed by atoms with Gasteiger partial charge in [-0.15, -0.1) is 0 Å². The van der Waals surface area contributed by atoms with Crippen LogP contribution in [0.15, 0.2) is 6.07 Å². The van der Waals surface area contributed by atoms with E-state index in [9.17, 15) is 9.59 Å². The number of carbonyl (C=O) groups is 2. The van der Waals surface area contributed by atoms with Crippen molar-refractivity contribution in [2.75, 3.05) is 13.2 Å². The van der Waals surface area contributed by atoms with E-state index in [2.05, 4.69) is 10.2 Å². The Morgan fingerprint density at radius 2 is 1.71 bits per heavy atom. The van der Waals surface area contributed by atoms with E-state index >= 15 is 0 Å². The monoisotopic (exact) mass is 242 g/mol. The molecule has 6 heteroatoms. The Labute approximate surface area is 100 Å². The van der Waals surface area contributed by atoms with Crippen molar-refractivity contribution in [3.8, 4) is 0 Å². The third-order valence-corrected chi connectivity index (χ3v) is 1.56.